The monoisotopic (exact) mass is 219 g/mol. The Morgan fingerprint density at radius 2 is 1.88 bits per heavy atom. The number of hydrogen-bond acceptors (Lipinski definition) is 3. The Morgan fingerprint density at radius 3 is 2.44 bits per heavy atom. The zero-order chi connectivity index (χ0) is 11.2. The normalized spacial score (nSPS) is 42.2. The van der Waals surface area contributed by atoms with E-state index in [9.17, 15) is 10.2 Å². The zero-order valence-electron chi connectivity index (χ0n) is 9.21. The molecule has 0 aromatic carbocycles. The minimum Gasteiger partial charge on any atom is -0.393 e. The topological polar surface area (TPSA) is 53.4 Å². The smallest absolute Gasteiger partial charge is 0.107 e. The first-order valence-electron chi connectivity index (χ1n) is 6.01. The summed E-state index contributed by atoms with van der Waals surface area (Å²) in [6.45, 7) is 0. The lowest BCUT2D eigenvalue weighted by molar-refractivity contribution is -0.0783. The van der Waals surface area contributed by atoms with Crippen LogP contribution in [0.1, 0.15) is 31.4 Å². The maximum atomic E-state index is 10.7. The number of aromatic nitrogens is 1. The van der Waals surface area contributed by atoms with Crippen molar-refractivity contribution in [3.8, 4) is 0 Å². The Kier molecular flexibility index (Phi) is 2.26. The predicted molar refractivity (Wildman–Crippen MR) is 59.6 cm³/mol. The van der Waals surface area contributed by atoms with Gasteiger partial charge in [-0.05, 0) is 49.7 Å². The molecular formula is C13H17NO2. The van der Waals surface area contributed by atoms with Crippen molar-refractivity contribution in [3.63, 3.8) is 0 Å². The second-order valence-corrected chi connectivity index (χ2v) is 5.24. The molecule has 0 aliphatic heterocycles. The molecule has 1 aromatic rings. The lowest BCUT2D eigenvalue weighted by atomic mass is 9.74. The fourth-order valence-corrected chi connectivity index (χ4v) is 3.40. The highest BCUT2D eigenvalue weighted by Crippen LogP contribution is 2.50. The van der Waals surface area contributed by atoms with E-state index >= 15 is 0 Å². The van der Waals surface area contributed by atoms with Crippen LogP contribution in [0.5, 0.6) is 0 Å². The molecule has 1 heterocycles. The van der Waals surface area contributed by atoms with E-state index in [1.165, 1.54) is 0 Å². The Hall–Kier alpha value is -0.930. The number of aliphatic hydroxyl groups is 2. The third-order valence-corrected chi connectivity index (χ3v) is 4.22. The molecular weight excluding hydrogens is 202 g/mol. The van der Waals surface area contributed by atoms with E-state index in [4.69, 9.17) is 0 Å². The molecule has 0 spiro atoms. The SMILES string of the molecule is OC1C2CC[C@@H]1CC(O)(c1ccccn1)C2. The number of rotatable bonds is 1. The highest BCUT2D eigenvalue weighted by molar-refractivity contribution is 5.16. The Balaban J connectivity index is 1.91. The summed E-state index contributed by atoms with van der Waals surface area (Å²) in [6, 6.07) is 5.66. The van der Waals surface area contributed by atoms with Gasteiger partial charge in [0, 0.05) is 6.20 Å². The lowest BCUT2D eigenvalue weighted by Crippen LogP contribution is -2.41. The van der Waals surface area contributed by atoms with Crippen molar-refractivity contribution < 1.29 is 10.2 Å². The summed E-state index contributed by atoms with van der Waals surface area (Å²) in [7, 11) is 0. The van der Waals surface area contributed by atoms with E-state index in [0.29, 0.717) is 12.8 Å². The van der Waals surface area contributed by atoms with Gasteiger partial charge in [-0.2, -0.15) is 0 Å². The van der Waals surface area contributed by atoms with Gasteiger partial charge in [-0.25, -0.2) is 0 Å². The maximum Gasteiger partial charge on any atom is 0.107 e. The molecule has 16 heavy (non-hydrogen) atoms. The summed E-state index contributed by atoms with van der Waals surface area (Å²) < 4.78 is 0. The van der Waals surface area contributed by atoms with Crippen LogP contribution in [0.4, 0.5) is 0 Å². The molecule has 86 valence electrons. The summed E-state index contributed by atoms with van der Waals surface area (Å²) in [5.41, 5.74) is -0.0504. The van der Waals surface area contributed by atoms with E-state index < -0.39 is 5.60 Å². The fourth-order valence-electron chi connectivity index (χ4n) is 3.40. The Bertz CT molecular complexity index is 365. The molecule has 0 amide bonds. The van der Waals surface area contributed by atoms with Crippen LogP contribution < -0.4 is 0 Å². The van der Waals surface area contributed by atoms with Gasteiger partial charge in [0.2, 0.25) is 0 Å². The first kappa shape index (κ1) is 10.2. The van der Waals surface area contributed by atoms with E-state index in [1.807, 2.05) is 18.2 Å². The highest BCUT2D eigenvalue weighted by atomic mass is 16.3. The van der Waals surface area contributed by atoms with Crippen molar-refractivity contribution in [2.24, 2.45) is 11.8 Å². The van der Waals surface area contributed by atoms with Crippen molar-refractivity contribution in [3.05, 3.63) is 30.1 Å². The van der Waals surface area contributed by atoms with Crippen LogP contribution >= 0.6 is 0 Å². The average molecular weight is 219 g/mol. The molecule has 3 unspecified atom stereocenters. The largest absolute Gasteiger partial charge is 0.393 e. The molecule has 2 fully saturated rings. The van der Waals surface area contributed by atoms with Gasteiger partial charge in [-0.1, -0.05) is 6.07 Å². The Labute approximate surface area is 95.1 Å². The fraction of sp³-hybridized carbons (Fsp3) is 0.615. The molecule has 2 N–H and O–H groups in total. The van der Waals surface area contributed by atoms with E-state index in [1.54, 1.807) is 6.20 Å². The number of aliphatic hydroxyl groups excluding tert-OH is 1. The molecule has 3 rings (SSSR count). The lowest BCUT2D eigenvalue weighted by Gasteiger charge is -2.38. The minimum absolute atomic E-state index is 0.205. The number of pyridine rings is 1. The van der Waals surface area contributed by atoms with Crippen molar-refractivity contribution in [2.45, 2.75) is 37.4 Å². The van der Waals surface area contributed by atoms with Crippen LogP contribution in [-0.2, 0) is 5.60 Å². The third kappa shape index (κ3) is 1.46. The van der Waals surface area contributed by atoms with E-state index in [2.05, 4.69) is 4.98 Å². The van der Waals surface area contributed by atoms with Crippen LogP contribution in [0.3, 0.4) is 0 Å². The number of fused-ring (bicyclic) bond motifs is 2. The van der Waals surface area contributed by atoms with Gasteiger partial charge in [0.15, 0.2) is 0 Å². The molecule has 4 atom stereocenters. The van der Waals surface area contributed by atoms with Crippen LogP contribution in [0.2, 0.25) is 0 Å². The molecule has 1 aromatic heterocycles. The maximum absolute atomic E-state index is 10.7. The second-order valence-electron chi connectivity index (χ2n) is 5.24. The molecule has 0 radical (unpaired) electrons. The van der Waals surface area contributed by atoms with E-state index in [0.717, 1.165) is 18.5 Å². The molecule has 3 heteroatoms. The van der Waals surface area contributed by atoms with Crippen molar-refractivity contribution >= 4 is 0 Å². The van der Waals surface area contributed by atoms with Gasteiger partial charge >= 0.3 is 0 Å². The molecule has 0 saturated heterocycles. The van der Waals surface area contributed by atoms with Crippen LogP contribution in [0.15, 0.2) is 24.4 Å². The first-order chi connectivity index (χ1) is 7.69. The molecule has 2 saturated carbocycles. The summed E-state index contributed by atoms with van der Waals surface area (Å²) in [5.74, 6) is 0.511. The van der Waals surface area contributed by atoms with Crippen LogP contribution in [-0.4, -0.2) is 21.3 Å². The van der Waals surface area contributed by atoms with Gasteiger partial charge in [0.25, 0.3) is 0 Å². The van der Waals surface area contributed by atoms with Gasteiger partial charge in [0.1, 0.15) is 5.60 Å². The molecule has 3 nitrogen and oxygen atoms in total. The van der Waals surface area contributed by atoms with Crippen molar-refractivity contribution in [1.82, 2.24) is 4.98 Å². The summed E-state index contributed by atoms with van der Waals surface area (Å²) in [5, 5.41) is 20.6. The van der Waals surface area contributed by atoms with Crippen LogP contribution in [0.25, 0.3) is 0 Å². The van der Waals surface area contributed by atoms with Crippen molar-refractivity contribution in [2.75, 3.05) is 0 Å². The third-order valence-electron chi connectivity index (χ3n) is 4.22. The standard InChI is InChI=1S/C13H17NO2/c15-12-9-4-5-10(12)8-13(16,7-9)11-3-1-2-6-14-11/h1-3,6,9-10,12,15-16H,4-5,7-8H2/t9-,10?,12?,13?/m1/s1. The Morgan fingerprint density at radius 1 is 1.19 bits per heavy atom. The first-order valence-corrected chi connectivity index (χ1v) is 6.01. The summed E-state index contributed by atoms with van der Waals surface area (Å²) >= 11 is 0. The number of hydrogen-bond donors (Lipinski definition) is 2. The molecule has 2 bridgehead atoms. The summed E-state index contributed by atoms with van der Waals surface area (Å²) in [6.07, 6.45) is 4.91. The average Bonchev–Trinajstić information content (AvgIpc) is 2.54. The minimum atomic E-state index is -0.813. The van der Waals surface area contributed by atoms with E-state index in [-0.39, 0.29) is 17.9 Å². The predicted octanol–water partition coefficient (Wildman–Crippen LogP) is 1.45. The second kappa shape index (κ2) is 3.54. The molecule has 2 aliphatic rings. The number of nitrogens with zero attached hydrogens (tertiary/aromatic N) is 1. The highest BCUT2D eigenvalue weighted by Gasteiger charge is 2.49. The van der Waals surface area contributed by atoms with Crippen LogP contribution in [0, 0.1) is 11.8 Å². The van der Waals surface area contributed by atoms with Crippen molar-refractivity contribution in [1.29, 1.82) is 0 Å². The van der Waals surface area contributed by atoms with Gasteiger partial charge < -0.3 is 10.2 Å². The van der Waals surface area contributed by atoms with Gasteiger partial charge in [0.05, 0.1) is 11.8 Å². The summed E-state index contributed by atoms with van der Waals surface area (Å²) in [4.78, 5) is 4.26. The molecule has 2 aliphatic carbocycles. The van der Waals surface area contributed by atoms with Gasteiger partial charge in [-0.3, -0.25) is 4.98 Å². The van der Waals surface area contributed by atoms with Gasteiger partial charge in [-0.15, -0.1) is 0 Å². The zero-order valence-corrected chi connectivity index (χ0v) is 9.21. The quantitative estimate of drug-likeness (QED) is 0.751.